The van der Waals surface area contributed by atoms with E-state index in [9.17, 15) is 9.59 Å². The number of carbonyl (C=O) groups is 2. The summed E-state index contributed by atoms with van der Waals surface area (Å²) in [5.41, 5.74) is 2.52. The van der Waals surface area contributed by atoms with E-state index in [4.69, 9.17) is 5.11 Å². The predicted octanol–water partition coefficient (Wildman–Crippen LogP) is 1.27. The number of carboxylic acid groups (broad SMARTS) is 1. The van der Waals surface area contributed by atoms with Crippen LogP contribution in [0.3, 0.4) is 0 Å². The van der Waals surface area contributed by atoms with E-state index in [-0.39, 0.29) is 5.91 Å². The summed E-state index contributed by atoms with van der Waals surface area (Å²) < 4.78 is 0. The molecular formula is C14H18N2O3. The number of nitrogens with one attached hydrogen (secondary N) is 1. The van der Waals surface area contributed by atoms with Crippen molar-refractivity contribution in [1.29, 1.82) is 0 Å². The number of carbonyl (C=O) groups excluding carboxylic acids is 1. The Morgan fingerprint density at radius 2 is 2.21 bits per heavy atom. The van der Waals surface area contributed by atoms with Crippen LogP contribution in [-0.2, 0) is 11.2 Å². The first kappa shape index (κ1) is 13.4. The van der Waals surface area contributed by atoms with E-state index in [0.717, 1.165) is 37.2 Å². The van der Waals surface area contributed by atoms with Crippen molar-refractivity contribution in [3.8, 4) is 0 Å². The first-order chi connectivity index (χ1) is 9.11. The Bertz CT molecular complexity index is 499. The van der Waals surface area contributed by atoms with Crippen molar-refractivity contribution in [2.75, 3.05) is 25.0 Å². The zero-order valence-corrected chi connectivity index (χ0v) is 11.0. The molecule has 1 heterocycles. The molecule has 1 amide bonds. The maximum Gasteiger partial charge on any atom is 0.335 e. The van der Waals surface area contributed by atoms with Gasteiger partial charge in [0, 0.05) is 32.2 Å². The second-order valence-corrected chi connectivity index (χ2v) is 4.66. The summed E-state index contributed by atoms with van der Waals surface area (Å²) >= 11 is 0. The first-order valence-electron chi connectivity index (χ1n) is 6.43. The third-order valence-corrected chi connectivity index (χ3v) is 3.43. The molecule has 5 heteroatoms. The van der Waals surface area contributed by atoms with E-state index in [1.807, 2.05) is 6.07 Å². The second-order valence-electron chi connectivity index (χ2n) is 4.66. The number of aromatic carboxylic acids is 1. The van der Waals surface area contributed by atoms with Gasteiger partial charge in [0.2, 0.25) is 5.91 Å². The molecule has 2 rings (SSSR count). The van der Waals surface area contributed by atoms with Gasteiger partial charge in [0.05, 0.1) is 5.56 Å². The molecule has 0 bridgehead atoms. The fourth-order valence-corrected chi connectivity index (χ4v) is 2.39. The normalized spacial score (nSPS) is 13.2. The molecule has 2 N–H and O–H groups in total. The lowest BCUT2D eigenvalue weighted by Crippen LogP contribution is -2.24. The van der Waals surface area contributed by atoms with Gasteiger partial charge in [-0.1, -0.05) is 0 Å². The van der Waals surface area contributed by atoms with Gasteiger partial charge in [0.25, 0.3) is 0 Å². The summed E-state index contributed by atoms with van der Waals surface area (Å²) in [5, 5.41) is 11.6. The summed E-state index contributed by atoms with van der Waals surface area (Å²) in [7, 11) is 1.64. The molecule has 0 unspecified atom stereocenters. The molecule has 0 radical (unpaired) electrons. The third kappa shape index (κ3) is 3.05. The minimum Gasteiger partial charge on any atom is -0.478 e. The van der Waals surface area contributed by atoms with Gasteiger partial charge in [-0.3, -0.25) is 4.79 Å². The van der Waals surface area contributed by atoms with E-state index >= 15 is 0 Å². The molecule has 0 saturated heterocycles. The monoisotopic (exact) mass is 262 g/mol. The van der Waals surface area contributed by atoms with Crippen LogP contribution in [-0.4, -0.2) is 37.1 Å². The van der Waals surface area contributed by atoms with Crippen molar-refractivity contribution in [3.63, 3.8) is 0 Å². The minimum atomic E-state index is -0.888. The molecule has 1 aliphatic heterocycles. The van der Waals surface area contributed by atoms with Crippen LogP contribution in [0.4, 0.5) is 5.69 Å². The van der Waals surface area contributed by atoms with Gasteiger partial charge in [-0.2, -0.15) is 0 Å². The van der Waals surface area contributed by atoms with E-state index < -0.39 is 5.97 Å². The van der Waals surface area contributed by atoms with Crippen LogP contribution >= 0.6 is 0 Å². The van der Waals surface area contributed by atoms with Crippen LogP contribution in [0.25, 0.3) is 0 Å². The van der Waals surface area contributed by atoms with Gasteiger partial charge < -0.3 is 15.3 Å². The van der Waals surface area contributed by atoms with Crippen LogP contribution in [0.5, 0.6) is 0 Å². The number of nitrogens with zero attached hydrogens (tertiary/aromatic N) is 1. The molecule has 0 atom stereocenters. The second kappa shape index (κ2) is 5.73. The van der Waals surface area contributed by atoms with Gasteiger partial charge in [0.1, 0.15) is 0 Å². The highest BCUT2D eigenvalue weighted by Gasteiger charge is 2.20. The van der Waals surface area contributed by atoms with E-state index in [1.165, 1.54) is 0 Å². The molecule has 102 valence electrons. The van der Waals surface area contributed by atoms with Crippen molar-refractivity contribution < 1.29 is 14.7 Å². The van der Waals surface area contributed by atoms with E-state index in [2.05, 4.69) is 10.2 Å². The standard InChI is InChI=1S/C14H18N2O3/c1-15-13(17)3-2-7-16-8-6-10-9-11(14(18)19)4-5-12(10)16/h4-5,9H,2-3,6-8H2,1H3,(H,15,17)(H,18,19). The van der Waals surface area contributed by atoms with Crippen LogP contribution in [0, 0.1) is 0 Å². The lowest BCUT2D eigenvalue weighted by molar-refractivity contribution is -0.120. The van der Waals surface area contributed by atoms with Crippen molar-refractivity contribution in [1.82, 2.24) is 5.32 Å². The Balaban J connectivity index is 1.98. The Labute approximate surface area is 112 Å². The first-order valence-corrected chi connectivity index (χ1v) is 6.43. The van der Waals surface area contributed by atoms with Crippen LogP contribution in [0.1, 0.15) is 28.8 Å². The van der Waals surface area contributed by atoms with Crippen molar-refractivity contribution in [3.05, 3.63) is 29.3 Å². The molecule has 0 spiro atoms. The Kier molecular flexibility index (Phi) is 4.04. The average Bonchev–Trinajstić information content (AvgIpc) is 2.81. The topological polar surface area (TPSA) is 69.6 Å². The quantitative estimate of drug-likeness (QED) is 0.838. The van der Waals surface area contributed by atoms with Crippen molar-refractivity contribution in [2.24, 2.45) is 0 Å². The Morgan fingerprint density at radius 1 is 1.42 bits per heavy atom. The summed E-state index contributed by atoms with van der Waals surface area (Å²) in [5.74, 6) is -0.832. The van der Waals surface area contributed by atoms with Crippen LogP contribution in [0.15, 0.2) is 18.2 Å². The highest BCUT2D eigenvalue weighted by atomic mass is 16.4. The molecular weight excluding hydrogens is 244 g/mol. The number of benzene rings is 1. The maximum absolute atomic E-state index is 11.2. The highest BCUT2D eigenvalue weighted by molar-refractivity contribution is 5.88. The summed E-state index contributed by atoms with van der Waals surface area (Å²) in [6.07, 6.45) is 2.20. The van der Waals surface area contributed by atoms with Crippen molar-refractivity contribution >= 4 is 17.6 Å². The lowest BCUT2D eigenvalue weighted by atomic mass is 10.1. The van der Waals surface area contributed by atoms with E-state index in [0.29, 0.717) is 12.0 Å². The number of fused-ring (bicyclic) bond motifs is 1. The highest BCUT2D eigenvalue weighted by Crippen LogP contribution is 2.29. The van der Waals surface area contributed by atoms with Crippen LogP contribution < -0.4 is 10.2 Å². The smallest absolute Gasteiger partial charge is 0.335 e. The number of amides is 1. The number of carboxylic acids is 1. The largest absolute Gasteiger partial charge is 0.478 e. The minimum absolute atomic E-state index is 0.0562. The molecule has 5 nitrogen and oxygen atoms in total. The SMILES string of the molecule is CNC(=O)CCCN1CCc2cc(C(=O)O)ccc21. The van der Waals surface area contributed by atoms with Crippen molar-refractivity contribution in [2.45, 2.75) is 19.3 Å². The lowest BCUT2D eigenvalue weighted by Gasteiger charge is -2.19. The molecule has 0 saturated carbocycles. The molecule has 0 aliphatic carbocycles. The zero-order chi connectivity index (χ0) is 13.8. The molecule has 1 aromatic carbocycles. The number of hydrogen-bond donors (Lipinski definition) is 2. The van der Waals surface area contributed by atoms with Gasteiger partial charge in [0.15, 0.2) is 0 Å². The fourth-order valence-electron chi connectivity index (χ4n) is 2.39. The van der Waals surface area contributed by atoms with Gasteiger partial charge >= 0.3 is 5.97 Å². The molecule has 1 aliphatic rings. The zero-order valence-electron chi connectivity index (χ0n) is 11.0. The summed E-state index contributed by atoms with van der Waals surface area (Å²) in [6.45, 7) is 1.72. The van der Waals surface area contributed by atoms with E-state index in [1.54, 1.807) is 19.2 Å². The third-order valence-electron chi connectivity index (χ3n) is 3.43. The summed E-state index contributed by atoms with van der Waals surface area (Å²) in [6, 6.07) is 5.25. The maximum atomic E-state index is 11.2. The molecule has 19 heavy (non-hydrogen) atoms. The number of hydrogen-bond acceptors (Lipinski definition) is 3. The molecule has 0 fully saturated rings. The Morgan fingerprint density at radius 3 is 2.89 bits per heavy atom. The van der Waals surface area contributed by atoms with Gasteiger partial charge in [-0.15, -0.1) is 0 Å². The van der Waals surface area contributed by atoms with Gasteiger partial charge in [-0.25, -0.2) is 4.79 Å². The molecule has 0 aromatic heterocycles. The summed E-state index contributed by atoms with van der Waals surface area (Å²) in [4.78, 5) is 24.3. The van der Waals surface area contributed by atoms with Gasteiger partial charge in [-0.05, 0) is 36.6 Å². The fraction of sp³-hybridized carbons (Fsp3) is 0.429. The predicted molar refractivity (Wildman–Crippen MR) is 72.6 cm³/mol. The molecule has 1 aromatic rings. The van der Waals surface area contributed by atoms with Crippen LogP contribution in [0.2, 0.25) is 0 Å². The number of rotatable bonds is 5. The average molecular weight is 262 g/mol. The Hall–Kier alpha value is -2.04. The number of anilines is 1.